The molecule has 0 spiro atoms. The van der Waals surface area contributed by atoms with Crippen LogP contribution in [0.15, 0.2) is 42.5 Å². The van der Waals surface area contributed by atoms with Crippen LogP contribution in [0.25, 0.3) is 0 Å². The molecule has 2 rings (SSSR count). The van der Waals surface area contributed by atoms with Crippen molar-refractivity contribution in [2.24, 2.45) is 0 Å². The standard InChI is InChI=1S/C15H16INO/c1-11-9-13(8-7-12(11)10-17-2)18-15-6-4-3-5-14(15)16/h3-9,17H,10H2,1-2H3. The molecule has 0 amide bonds. The van der Waals surface area contributed by atoms with E-state index in [0.29, 0.717) is 0 Å². The van der Waals surface area contributed by atoms with E-state index in [1.54, 1.807) is 0 Å². The van der Waals surface area contributed by atoms with E-state index < -0.39 is 0 Å². The van der Waals surface area contributed by atoms with Gasteiger partial charge in [0.2, 0.25) is 0 Å². The van der Waals surface area contributed by atoms with Crippen molar-refractivity contribution < 1.29 is 4.74 Å². The van der Waals surface area contributed by atoms with E-state index in [1.165, 1.54) is 11.1 Å². The Morgan fingerprint density at radius 2 is 1.94 bits per heavy atom. The Hall–Kier alpha value is -1.07. The zero-order valence-corrected chi connectivity index (χ0v) is 12.7. The second-order valence-corrected chi connectivity index (χ2v) is 5.31. The Labute approximate surface area is 122 Å². The number of aryl methyl sites for hydroxylation is 1. The van der Waals surface area contributed by atoms with Crippen LogP contribution >= 0.6 is 22.6 Å². The van der Waals surface area contributed by atoms with Gasteiger partial charge in [-0.1, -0.05) is 18.2 Å². The SMILES string of the molecule is CNCc1ccc(Oc2ccccc2I)cc1C. The lowest BCUT2D eigenvalue weighted by molar-refractivity contribution is 0.478. The average Bonchev–Trinajstić information content (AvgIpc) is 2.36. The maximum atomic E-state index is 5.90. The lowest BCUT2D eigenvalue weighted by Crippen LogP contribution is -2.06. The maximum Gasteiger partial charge on any atom is 0.140 e. The topological polar surface area (TPSA) is 21.3 Å². The normalized spacial score (nSPS) is 10.4. The maximum absolute atomic E-state index is 5.90. The third-order valence-electron chi connectivity index (χ3n) is 2.75. The van der Waals surface area contributed by atoms with Gasteiger partial charge >= 0.3 is 0 Å². The summed E-state index contributed by atoms with van der Waals surface area (Å²) >= 11 is 2.28. The minimum Gasteiger partial charge on any atom is -0.456 e. The van der Waals surface area contributed by atoms with Crippen LogP contribution in [0.3, 0.4) is 0 Å². The van der Waals surface area contributed by atoms with Crippen molar-refractivity contribution in [3.8, 4) is 11.5 Å². The average molecular weight is 353 g/mol. The third kappa shape index (κ3) is 3.23. The van der Waals surface area contributed by atoms with Crippen LogP contribution in [0.1, 0.15) is 11.1 Å². The summed E-state index contributed by atoms with van der Waals surface area (Å²) in [6, 6.07) is 14.2. The van der Waals surface area contributed by atoms with Crippen LogP contribution in [0, 0.1) is 10.5 Å². The highest BCUT2D eigenvalue weighted by Crippen LogP contribution is 2.27. The highest BCUT2D eigenvalue weighted by atomic mass is 127. The fraction of sp³-hybridized carbons (Fsp3) is 0.200. The molecule has 94 valence electrons. The van der Waals surface area contributed by atoms with Crippen molar-refractivity contribution in [3.05, 3.63) is 57.2 Å². The summed E-state index contributed by atoms with van der Waals surface area (Å²) in [7, 11) is 1.95. The zero-order chi connectivity index (χ0) is 13.0. The molecule has 0 heterocycles. The number of para-hydroxylation sites is 1. The first-order chi connectivity index (χ1) is 8.70. The Balaban J connectivity index is 2.20. The Morgan fingerprint density at radius 3 is 2.61 bits per heavy atom. The molecule has 2 nitrogen and oxygen atoms in total. The van der Waals surface area contributed by atoms with Gasteiger partial charge in [0, 0.05) is 6.54 Å². The van der Waals surface area contributed by atoms with Crippen LogP contribution in [0.2, 0.25) is 0 Å². The first kappa shape index (κ1) is 13.4. The summed E-state index contributed by atoms with van der Waals surface area (Å²) in [6.45, 7) is 2.99. The molecule has 18 heavy (non-hydrogen) atoms. The highest BCUT2D eigenvalue weighted by Gasteiger charge is 2.03. The summed E-state index contributed by atoms with van der Waals surface area (Å²) in [5.74, 6) is 1.79. The van der Waals surface area contributed by atoms with Crippen molar-refractivity contribution in [1.29, 1.82) is 0 Å². The molecule has 0 saturated carbocycles. The van der Waals surface area contributed by atoms with E-state index in [-0.39, 0.29) is 0 Å². The van der Waals surface area contributed by atoms with Crippen LogP contribution in [-0.4, -0.2) is 7.05 Å². The molecule has 3 heteroatoms. The van der Waals surface area contributed by atoms with Gasteiger partial charge in [-0.25, -0.2) is 0 Å². The van der Waals surface area contributed by atoms with E-state index in [4.69, 9.17) is 4.74 Å². The van der Waals surface area contributed by atoms with Crippen molar-refractivity contribution in [2.75, 3.05) is 7.05 Å². The fourth-order valence-electron chi connectivity index (χ4n) is 1.78. The van der Waals surface area contributed by atoms with Crippen LogP contribution in [0.5, 0.6) is 11.5 Å². The number of rotatable bonds is 4. The molecule has 0 saturated heterocycles. The second-order valence-electron chi connectivity index (χ2n) is 4.15. The first-order valence-electron chi connectivity index (χ1n) is 5.87. The van der Waals surface area contributed by atoms with Gasteiger partial charge in [0.15, 0.2) is 0 Å². The van der Waals surface area contributed by atoms with Gasteiger partial charge in [-0.05, 0) is 72.0 Å². The highest BCUT2D eigenvalue weighted by molar-refractivity contribution is 14.1. The van der Waals surface area contributed by atoms with E-state index >= 15 is 0 Å². The molecule has 0 aliphatic rings. The summed E-state index contributed by atoms with van der Waals surface area (Å²) in [5, 5.41) is 3.16. The molecule has 0 aliphatic heterocycles. The Bertz CT molecular complexity index is 540. The quantitative estimate of drug-likeness (QED) is 0.836. The molecule has 0 aliphatic carbocycles. The molecule has 0 atom stereocenters. The number of benzene rings is 2. The van der Waals surface area contributed by atoms with E-state index in [2.05, 4.69) is 47.0 Å². The molecule has 2 aromatic carbocycles. The monoisotopic (exact) mass is 353 g/mol. The van der Waals surface area contributed by atoms with Gasteiger partial charge in [-0.2, -0.15) is 0 Å². The van der Waals surface area contributed by atoms with Gasteiger partial charge in [0.25, 0.3) is 0 Å². The first-order valence-corrected chi connectivity index (χ1v) is 6.95. The number of ether oxygens (including phenoxy) is 1. The minimum atomic E-state index is 0.884. The van der Waals surface area contributed by atoms with Crippen LogP contribution in [-0.2, 0) is 6.54 Å². The smallest absolute Gasteiger partial charge is 0.140 e. The van der Waals surface area contributed by atoms with E-state index in [1.807, 2.05) is 37.4 Å². The number of hydrogen-bond donors (Lipinski definition) is 1. The molecular weight excluding hydrogens is 337 g/mol. The van der Waals surface area contributed by atoms with Crippen LogP contribution in [0.4, 0.5) is 0 Å². The van der Waals surface area contributed by atoms with E-state index in [9.17, 15) is 0 Å². The van der Waals surface area contributed by atoms with E-state index in [0.717, 1.165) is 21.6 Å². The fourth-order valence-corrected chi connectivity index (χ4v) is 2.27. The molecule has 0 aromatic heterocycles. The molecule has 0 bridgehead atoms. The van der Waals surface area contributed by atoms with Crippen molar-refractivity contribution in [1.82, 2.24) is 5.32 Å². The molecule has 2 aromatic rings. The Kier molecular flexibility index (Phi) is 4.60. The summed E-state index contributed by atoms with van der Waals surface area (Å²) in [4.78, 5) is 0. The molecular formula is C15H16INO. The molecule has 0 unspecified atom stereocenters. The summed E-state index contributed by atoms with van der Waals surface area (Å²) in [6.07, 6.45) is 0. The molecule has 0 fully saturated rings. The van der Waals surface area contributed by atoms with Gasteiger partial charge in [0.05, 0.1) is 3.57 Å². The zero-order valence-electron chi connectivity index (χ0n) is 10.5. The predicted octanol–water partition coefficient (Wildman–Crippen LogP) is 4.11. The largest absolute Gasteiger partial charge is 0.456 e. The number of hydrogen-bond acceptors (Lipinski definition) is 2. The summed E-state index contributed by atoms with van der Waals surface area (Å²) < 4.78 is 7.01. The van der Waals surface area contributed by atoms with Gasteiger partial charge in [0.1, 0.15) is 11.5 Å². The van der Waals surface area contributed by atoms with Crippen LogP contribution < -0.4 is 10.1 Å². The summed E-state index contributed by atoms with van der Waals surface area (Å²) in [5.41, 5.74) is 2.54. The molecule has 1 N–H and O–H groups in total. The number of halogens is 1. The lowest BCUT2D eigenvalue weighted by atomic mass is 10.1. The number of nitrogens with one attached hydrogen (secondary N) is 1. The van der Waals surface area contributed by atoms with Gasteiger partial charge < -0.3 is 10.1 Å². The lowest BCUT2D eigenvalue weighted by Gasteiger charge is -2.10. The second kappa shape index (κ2) is 6.20. The third-order valence-corrected chi connectivity index (χ3v) is 3.64. The predicted molar refractivity (Wildman–Crippen MR) is 83.2 cm³/mol. The van der Waals surface area contributed by atoms with Crippen molar-refractivity contribution in [2.45, 2.75) is 13.5 Å². The Morgan fingerprint density at radius 1 is 1.17 bits per heavy atom. The van der Waals surface area contributed by atoms with Gasteiger partial charge in [-0.15, -0.1) is 0 Å². The minimum absolute atomic E-state index is 0.884. The van der Waals surface area contributed by atoms with Crippen molar-refractivity contribution in [3.63, 3.8) is 0 Å². The van der Waals surface area contributed by atoms with Crippen molar-refractivity contribution >= 4 is 22.6 Å². The molecule has 0 radical (unpaired) electrons. The van der Waals surface area contributed by atoms with Gasteiger partial charge in [-0.3, -0.25) is 0 Å².